The van der Waals surface area contributed by atoms with Gasteiger partial charge in [0.1, 0.15) is 12.4 Å². The Hall–Kier alpha value is -0.810. The molecule has 5 heteroatoms. The Morgan fingerprint density at radius 2 is 2.16 bits per heavy atom. The Kier molecular flexibility index (Phi) is 5.45. The molecule has 0 radical (unpaired) electrons. The predicted octanol–water partition coefficient (Wildman–Crippen LogP) is 2.10. The summed E-state index contributed by atoms with van der Waals surface area (Å²) in [6, 6.07) is 5.39. The van der Waals surface area contributed by atoms with Gasteiger partial charge in [0.05, 0.1) is 24.3 Å². The lowest BCUT2D eigenvalue weighted by molar-refractivity contribution is 0.0322. The predicted molar refractivity (Wildman–Crippen MR) is 74.8 cm³/mol. The molecule has 19 heavy (non-hydrogen) atoms. The smallest absolute Gasteiger partial charge is 0.137 e. The molecule has 1 aliphatic heterocycles. The highest BCUT2D eigenvalue weighted by molar-refractivity contribution is 6.32. The second-order valence-electron chi connectivity index (χ2n) is 4.67. The molecule has 0 bridgehead atoms. The molecule has 2 rings (SSSR count). The van der Waals surface area contributed by atoms with Crippen LogP contribution in [-0.2, 0) is 4.74 Å². The Balaban J connectivity index is 1.82. The minimum Gasteiger partial charge on any atom is -0.491 e. The van der Waals surface area contributed by atoms with Crippen molar-refractivity contribution in [2.24, 2.45) is 0 Å². The first-order chi connectivity index (χ1) is 9.16. The lowest BCUT2D eigenvalue weighted by atomic mass is 10.1. The minimum atomic E-state index is -0.514. The number of hydrogen-bond donors (Lipinski definition) is 1. The fourth-order valence-corrected chi connectivity index (χ4v) is 2.25. The van der Waals surface area contributed by atoms with Crippen molar-refractivity contribution in [3.63, 3.8) is 0 Å². The zero-order valence-electron chi connectivity index (χ0n) is 11.1. The summed E-state index contributed by atoms with van der Waals surface area (Å²) in [5, 5.41) is 10.0. The van der Waals surface area contributed by atoms with E-state index in [1.165, 1.54) is 0 Å². The summed E-state index contributed by atoms with van der Waals surface area (Å²) in [5.74, 6) is 0.666. The molecule has 1 saturated heterocycles. The van der Waals surface area contributed by atoms with Crippen LogP contribution in [0.3, 0.4) is 0 Å². The van der Waals surface area contributed by atoms with E-state index in [4.69, 9.17) is 21.1 Å². The highest BCUT2D eigenvalue weighted by atomic mass is 35.5. The Labute approximate surface area is 118 Å². The number of nitrogens with zero attached hydrogens (tertiary/aromatic N) is 1. The van der Waals surface area contributed by atoms with Crippen molar-refractivity contribution >= 4 is 11.6 Å². The largest absolute Gasteiger partial charge is 0.491 e. The highest BCUT2D eigenvalue weighted by Crippen LogP contribution is 2.27. The van der Waals surface area contributed by atoms with Crippen molar-refractivity contribution < 1.29 is 14.6 Å². The molecule has 0 spiro atoms. The molecular weight excluding hydrogens is 266 g/mol. The summed E-state index contributed by atoms with van der Waals surface area (Å²) in [7, 11) is 0. The third-order valence-corrected chi connectivity index (χ3v) is 3.50. The summed E-state index contributed by atoms with van der Waals surface area (Å²) in [4.78, 5) is 2.31. The van der Waals surface area contributed by atoms with Crippen LogP contribution in [-0.4, -0.2) is 49.5 Å². The van der Waals surface area contributed by atoms with Gasteiger partial charge < -0.3 is 14.6 Å². The van der Waals surface area contributed by atoms with Crippen LogP contribution in [0.2, 0.25) is 5.02 Å². The van der Waals surface area contributed by atoms with E-state index < -0.39 is 6.10 Å². The van der Waals surface area contributed by atoms with Gasteiger partial charge in [-0.15, -0.1) is 0 Å². The SMILES string of the molecule is C[C@H](O)c1ccc(OCCN2CCOCC2)c(Cl)c1. The second-order valence-corrected chi connectivity index (χ2v) is 5.08. The fourth-order valence-electron chi connectivity index (χ4n) is 2.00. The van der Waals surface area contributed by atoms with Gasteiger partial charge in [-0.1, -0.05) is 17.7 Å². The lowest BCUT2D eigenvalue weighted by Crippen LogP contribution is -2.38. The average molecular weight is 286 g/mol. The zero-order valence-corrected chi connectivity index (χ0v) is 11.9. The third kappa shape index (κ3) is 4.35. The topological polar surface area (TPSA) is 41.9 Å². The molecule has 1 atom stereocenters. The van der Waals surface area contributed by atoms with Gasteiger partial charge in [-0.05, 0) is 24.6 Å². The normalized spacial score (nSPS) is 18.3. The number of rotatable bonds is 5. The van der Waals surface area contributed by atoms with Gasteiger partial charge in [0.25, 0.3) is 0 Å². The molecule has 4 nitrogen and oxygen atoms in total. The van der Waals surface area contributed by atoms with Crippen molar-refractivity contribution in [2.75, 3.05) is 39.5 Å². The van der Waals surface area contributed by atoms with Gasteiger partial charge in [-0.3, -0.25) is 4.90 Å². The third-order valence-electron chi connectivity index (χ3n) is 3.21. The second kappa shape index (κ2) is 7.10. The molecule has 0 unspecified atom stereocenters. The number of aliphatic hydroxyl groups is 1. The summed E-state index contributed by atoms with van der Waals surface area (Å²) in [5.41, 5.74) is 0.797. The van der Waals surface area contributed by atoms with Crippen molar-refractivity contribution in [1.29, 1.82) is 0 Å². The zero-order chi connectivity index (χ0) is 13.7. The number of morpholine rings is 1. The van der Waals surface area contributed by atoms with Crippen LogP contribution in [0.5, 0.6) is 5.75 Å². The number of ether oxygens (including phenoxy) is 2. The Morgan fingerprint density at radius 3 is 2.79 bits per heavy atom. The molecule has 0 amide bonds. The van der Waals surface area contributed by atoms with Crippen molar-refractivity contribution in [3.05, 3.63) is 28.8 Å². The van der Waals surface area contributed by atoms with E-state index in [0.29, 0.717) is 17.4 Å². The quantitative estimate of drug-likeness (QED) is 0.900. The van der Waals surface area contributed by atoms with E-state index in [-0.39, 0.29) is 0 Å². The van der Waals surface area contributed by atoms with E-state index in [1.54, 1.807) is 13.0 Å². The maximum atomic E-state index is 9.47. The first-order valence-electron chi connectivity index (χ1n) is 6.57. The summed E-state index contributed by atoms with van der Waals surface area (Å²) >= 11 is 6.13. The molecule has 1 aromatic rings. The van der Waals surface area contributed by atoms with E-state index >= 15 is 0 Å². The van der Waals surface area contributed by atoms with Crippen LogP contribution in [0.15, 0.2) is 18.2 Å². The van der Waals surface area contributed by atoms with Crippen molar-refractivity contribution in [2.45, 2.75) is 13.0 Å². The molecule has 1 fully saturated rings. The molecule has 0 aromatic heterocycles. The van der Waals surface area contributed by atoms with Gasteiger partial charge in [0, 0.05) is 19.6 Å². The van der Waals surface area contributed by atoms with Gasteiger partial charge in [0.2, 0.25) is 0 Å². The molecule has 0 aliphatic carbocycles. The average Bonchev–Trinajstić information content (AvgIpc) is 2.41. The summed E-state index contributed by atoms with van der Waals surface area (Å²) < 4.78 is 11.0. The van der Waals surface area contributed by atoms with E-state index in [1.807, 2.05) is 12.1 Å². The van der Waals surface area contributed by atoms with E-state index in [2.05, 4.69) is 4.90 Å². The van der Waals surface area contributed by atoms with Crippen LogP contribution in [0.1, 0.15) is 18.6 Å². The van der Waals surface area contributed by atoms with Crippen molar-refractivity contribution in [3.8, 4) is 5.75 Å². The maximum absolute atomic E-state index is 9.47. The number of aliphatic hydroxyl groups excluding tert-OH is 1. The molecule has 106 valence electrons. The maximum Gasteiger partial charge on any atom is 0.137 e. The molecular formula is C14H20ClNO3. The van der Waals surface area contributed by atoms with Crippen LogP contribution >= 0.6 is 11.6 Å². The van der Waals surface area contributed by atoms with Crippen molar-refractivity contribution in [1.82, 2.24) is 4.90 Å². The lowest BCUT2D eigenvalue weighted by Gasteiger charge is -2.26. The van der Waals surface area contributed by atoms with Gasteiger partial charge >= 0.3 is 0 Å². The molecule has 0 saturated carbocycles. The van der Waals surface area contributed by atoms with Crippen LogP contribution in [0.4, 0.5) is 0 Å². The van der Waals surface area contributed by atoms with Gasteiger partial charge in [0.15, 0.2) is 0 Å². The monoisotopic (exact) mass is 285 g/mol. The minimum absolute atomic E-state index is 0.514. The molecule has 1 aromatic carbocycles. The standard InChI is InChI=1S/C14H20ClNO3/c1-11(17)12-2-3-14(13(15)10-12)19-9-6-16-4-7-18-8-5-16/h2-3,10-11,17H,4-9H2,1H3/t11-/m0/s1. The molecule has 1 heterocycles. The van der Waals surface area contributed by atoms with Crippen LogP contribution in [0.25, 0.3) is 0 Å². The number of benzene rings is 1. The highest BCUT2D eigenvalue weighted by Gasteiger charge is 2.11. The summed E-state index contributed by atoms with van der Waals surface area (Å²) in [6.45, 7) is 6.69. The van der Waals surface area contributed by atoms with Gasteiger partial charge in [-0.25, -0.2) is 0 Å². The van der Waals surface area contributed by atoms with Crippen LogP contribution in [0, 0.1) is 0 Å². The fraction of sp³-hybridized carbons (Fsp3) is 0.571. The number of hydrogen-bond acceptors (Lipinski definition) is 4. The Morgan fingerprint density at radius 1 is 1.42 bits per heavy atom. The Bertz CT molecular complexity index is 406. The first kappa shape index (κ1) is 14.6. The first-order valence-corrected chi connectivity index (χ1v) is 6.95. The summed E-state index contributed by atoms with van der Waals surface area (Å²) in [6.07, 6.45) is -0.514. The van der Waals surface area contributed by atoms with E-state index in [0.717, 1.165) is 38.4 Å². The van der Waals surface area contributed by atoms with Gasteiger partial charge in [-0.2, -0.15) is 0 Å². The van der Waals surface area contributed by atoms with E-state index in [9.17, 15) is 5.11 Å². The number of halogens is 1. The molecule has 1 N–H and O–H groups in total. The molecule has 1 aliphatic rings. The van der Waals surface area contributed by atoms with Crippen LogP contribution < -0.4 is 4.74 Å².